The predicted molar refractivity (Wildman–Crippen MR) is 56.0 cm³/mol. The predicted octanol–water partition coefficient (Wildman–Crippen LogP) is 1.23. The molecule has 0 fully saturated rings. The van der Waals surface area contributed by atoms with E-state index >= 15 is 0 Å². The topological polar surface area (TPSA) is 66.3 Å². The summed E-state index contributed by atoms with van der Waals surface area (Å²) in [4.78, 5) is 20.6. The van der Waals surface area contributed by atoms with Crippen LogP contribution in [-0.4, -0.2) is 38.9 Å². The molecule has 0 saturated heterocycles. The highest BCUT2D eigenvalue weighted by molar-refractivity contribution is 7.98. The number of hydrogen-bond acceptors (Lipinski definition) is 4. The first-order chi connectivity index (χ1) is 7.20. The van der Waals surface area contributed by atoms with E-state index in [1.165, 1.54) is 16.7 Å². The Morgan fingerprint density at radius 3 is 3.13 bits per heavy atom. The van der Waals surface area contributed by atoms with Crippen molar-refractivity contribution in [1.82, 2.24) is 14.9 Å². The average Bonchev–Trinajstić information content (AvgIpc) is 2.27. The van der Waals surface area contributed by atoms with Gasteiger partial charge in [0.2, 0.25) is 0 Å². The largest absolute Gasteiger partial charge is 0.465 e. The van der Waals surface area contributed by atoms with E-state index in [-0.39, 0.29) is 0 Å². The molecule has 2 heterocycles. The van der Waals surface area contributed by atoms with E-state index < -0.39 is 6.09 Å². The lowest BCUT2D eigenvalue weighted by Gasteiger charge is -2.25. The summed E-state index contributed by atoms with van der Waals surface area (Å²) >= 11 is 1.46. The maximum Gasteiger partial charge on any atom is 0.407 e. The Bertz CT molecular complexity index is 397. The Labute approximate surface area is 91.5 Å². The van der Waals surface area contributed by atoms with Crippen molar-refractivity contribution < 1.29 is 9.90 Å². The molecule has 1 aromatic rings. The highest BCUT2D eigenvalue weighted by Crippen LogP contribution is 2.18. The number of nitrogens with zero attached hydrogens (tertiary/aromatic N) is 3. The molecule has 1 aliphatic rings. The summed E-state index contributed by atoms with van der Waals surface area (Å²) in [5, 5.41) is 9.56. The minimum absolute atomic E-state index is 0.376. The van der Waals surface area contributed by atoms with E-state index in [4.69, 9.17) is 5.11 Å². The van der Waals surface area contributed by atoms with Gasteiger partial charge in [-0.15, -0.1) is 0 Å². The number of aromatic nitrogens is 2. The molecule has 0 radical (unpaired) electrons. The van der Waals surface area contributed by atoms with Crippen molar-refractivity contribution in [2.45, 2.75) is 18.1 Å². The molecule has 0 unspecified atom stereocenters. The minimum atomic E-state index is -0.884. The zero-order valence-electron chi connectivity index (χ0n) is 8.30. The number of hydrogen-bond donors (Lipinski definition) is 1. The van der Waals surface area contributed by atoms with E-state index in [1.807, 2.05) is 6.26 Å². The summed E-state index contributed by atoms with van der Waals surface area (Å²) in [5.74, 6) is 0. The SMILES string of the molecule is CSc1ncc2c(n1)CN(C(=O)O)CC2. The van der Waals surface area contributed by atoms with Crippen LogP contribution in [0, 0.1) is 0 Å². The Hall–Kier alpha value is -1.30. The molecule has 1 amide bonds. The molecule has 0 atom stereocenters. The molecule has 0 aromatic carbocycles. The van der Waals surface area contributed by atoms with Crippen LogP contribution in [0.3, 0.4) is 0 Å². The number of carbonyl (C=O) groups is 1. The zero-order chi connectivity index (χ0) is 10.8. The number of rotatable bonds is 1. The number of amides is 1. The van der Waals surface area contributed by atoms with Crippen molar-refractivity contribution in [3.8, 4) is 0 Å². The highest BCUT2D eigenvalue weighted by Gasteiger charge is 2.21. The van der Waals surface area contributed by atoms with Crippen molar-refractivity contribution in [2.24, 2.45) is 0 Å². The fourth-order valence-corrected chi connectivity index (χ4v) is 1.91. The van der Waals surface area contributed by atoms with Crippen molar-refractivity contribution in [1.29, 1.82) is 0 Å². The first-order valence-electron chi connectivity index (χ1n) is 4.57. The normalized spacial score (nSPS) is 14.9. The van der Waals surface area contributed by atoms with Gasteiger partial charge in [-0.2, -0.15) is 0 Å². The molecule has 1 aromatic heterocycles. The second-order valence-electron chi connectivity index (χ2n) is 3.28. The monoisotopic (exact) mass is 225 g/mol. The van der Waals surface area contributed by atoms with E-state index in [0.29, 0.717) is 24.7 Å². The molecule has 2 rings (SSSR count). The van der Waals surface area contributed by atoms with Crippen LogP contribution in [0.1, 0.15) is 11.3 Å². The third-order valence-corrected chi connectivity index (χ3v) is 2.94. The van der Waals surface area contributed by atoms with E-state index in [2.05, 4.69) is 9.97 Å². The molecular formula is C9H11N3O2S. The van der Waals surface area contributed by atoms with Crippen LogP contribution < -0.4 is 0 Å². The zero-order valence-corrected chi connectivity index (χ0v) is 9.12. The molecule has 1 N–H and O–H groups in total. The maximum absolute atomic E-state index is 10.8. The fourth-order valence-electron chi connectivity index (χ4n) is 1.55. The Morgan fingerprint density at radius 2 is 2.47 bits per heavy atom. The molecule has 0 spiro atoms. The molecule has 1 aliphatic heterocycles. The Kier molecular flexibility index (Phi) is 2.77. The fraction of sp³-hybridized carbons (Fsp3) is 0.444. The lowest BCUT2D eigenvalue weighted by atomic mass is 10.1. The van der Waals surface area contributed by atoms with Gasteiger partial charge in [-0.3, -0.25) is 0 Å². The van der Waals surface area contributed by atoms with Gasteiger partial charge in [-0.1, -0.05) is 11.8 Å². The van der Waals surface area contributed by atoms with Gasteiger partial charge < -0.3 is 10.0 Å². The highest BCUT2D eigenvalue weighted by atomic mass is 32.2. The lowest BCUT2D eigenvalue weighted by molar-refractivity contribution is 0.139. The Balaban J connectivity index is 2.27. The smallest absolute Gasteiger partial charge is 0.407 e. The second-order valence-corrected chi connectivity index (χ2v) is 4.06. The first kappa shape index (κ1) is 10.2. The van der Waals surface area contributed by atoms with Gasteiger partial charge >= 0.3 is 6.09 Å². The van der Waals surface area contributed by atoms with Crippen molar-refractivity contribution in [3.05, 3.63) is 17.5 Å². The molecule has 5 nitrogen and oxygen atoms in total. The molecule has 0 aliphatic carbocycles. The molecule has 0 saturated carbocycles. The third-order valence-electron chi connectivity index (χ3n) is 2.38. The summed E-state index contributed by atoms with van der Waals surface area (Å²) in [6, 6.07) is 0. The van der Waals surface area contributed by atoms with Crippen molar-refractivity contribution in [3.63, 3.8) is 0 Å². The van der Waals surface area contributed by atoms with Crippen LogP contribution in [0.15, 0.2) is 11.4 Å². The summed E-state index contributed by atoms with van der Waals surface area (Å²) < 4.78 is 0. The van der Waals surface area contributed by atoms with Gasteiger partial charge in [0.15, 0.2) is 5.16 Å². The Morgan fingerprint density at radius 1 is 1.67 bits per heavy atom. The first-order valence-corrected chi connectivity index (χ1v) is 5.80. The van der Waals surface area contributed by atoms with Crippen LogP contribution in [0.2, 0.25) is 0 Å². The summed E-state index contributed by atoms with van der Waals surface area (Å²) in [6.45, 7) is 0.908. The maximum atomic E-state index is 10.8. The lowest BCUT2D eigenvalue weighted by Crippen LogP contribution is -2.35. The third kappa shape index (κ3) is 2.04. The van der Waals surface area contributed by atoms with Crippen LogP contribution in [-0.2, 0) is 13.0 Å². The van der Waals surface area contributed by atoms with Crippen LogP contribution in [0.4, 0.5) is 4.79 Å². The van der Waals surface area contributed by atoms with Gasteiger partial charge in [0.25, 0.3) is 0 Å². The van der Waals surface area contributed by atoms with E-state index in [1.54, 1.807) is 6.20 Å². The summed E-state index contributed by atoms with van der Waals surface area (Å²) in [6.07, 6.45) is 3.52. The van der Waals surface area contributed by atoms with Gasteiger partial charge in [0.1, 0.15) is 0 Å². The molecular weight excluding hydrogens is 214 g/mol. The molecule has 0 bridgehead atoms. The number of fused-ring (bicyclic) bond motifs is 1. The number of thioether (sulfide) groups is 1. The van der Waals surface area contributed by atoms with Crippen LogP contribution in [0.25, 0.3) is 0 Å². The van der Waals surface area contributed by atoms with Gasteiger partial charge in [-0.05, 0) is 18.2 Å². The molecule has 80 valence electrons. The van der Waals surface area contributed by atoms with Gasteiger partial charge in [0.05, 0.1) is 12.2 Å². The van der Waals surface area contributed by atoms with Crippen LogP contribution >= 0.6 is 11.8 Å². The average molecular weight is 225 g/mol. The number of carboxylic acid groups (broad SMARTS) is 1. The summed E-state index contributed by atoms with van der Waals surface area (Å²) in [7, 11) is 0. The summed E-state index contributed by atoms with van der Waals surface area (Å²) in [5.41, 5.74) is 1.90. The quantitative estimate of drug-likeness (QED) is 0.575. The minimum Gasteiger partial charge on any atom is -0.465 e. The van der Waals surface area contributed by atoms with E-state index in [0.717, 1.165) is 11.3 Å². The second kappa shape index (κ2) is 4.06. The van der Waals surface area contributed by atoms with Gasteiger partial charge in [-0.25, -0.2) is 14.8 Å². The van der Waals surface area contributed by atoms with Gasteiger partial charge in [0, 0.05) is 12.7 Å². The van der Waals surface area contributed by atoms with Crippen LogP contribution in [0.5, 0.6) is 0 Å². The van der Waals surface area contributed by atoms with Crippen molar-refractivity contribution in [2.75, 3.05) is 12.8 Å². The van der Waals surface area contributed by atoms with E-state index in [9.17, 15) is 4.79 Å². The molecule has 6 heteroatoms. The molecule has 15 heavy (non-hydrogen) atoms. The van der Waals surface area contributed by atoms with Crippen molar-refractivity contribution >= 4 is 17.9 Å². The standard InChI is InChI=1S/C9H11N3O2S/c1-15-8-10-4-6-2-3-12(9(13)14)5-7(6)11-8/h4H,2-3,5H2,1H3,(H,13,14).